The molecule has 2 aromatic rings. The fourth-order valence-corrected chi connectivity index (χ4v) is 4.62. The molecule has 1 amide bonds. The number of nitrogens with zero attached hydrogens (tertiary/aromatic N) is 2. The molecule has 2 fully saturated rings. The van der Waals surface area contributed by atoms with Gasteiger partial charge in [-0.05, 0) is 74.0 Å². The molecular formula is C24H30N2O2. The van der Waals surface area contributed by atoms with Gasteiger partial charge in [0.1, 0.15) is 5.75 Å². The zero-order chi connectivity index (χ0) is 19.3. The van der Waals surface area contributed by atoms with E-state index in [0.29, 0.717) is 11.8 Å². The van der Waals surface area contributed by atoms with Crippen molar-refractivity contribution in [3.05, 3.63) is 65.7 Å². The number of ether oxygens (including phenoxy) is 1. The van der Waals surface area contributed by atoms with Gasteiger partial charge in [0, 0.05) is 25.2 Å². The number of likely N-dealkylation sites (tertiary alicyclic amines) is 2. The third-order valence-corrected chi connectivity index (χ3v) is 6.28. The monoisotopic (exact) mass is 378 g/mol. The Labute approximate surface area is 168 Å². The van der Waals surface area contributed by atoms with Crippen LogP contribution in [0.4, 0.5) is 0 Å². The fourth-order valence-electron chi connectivity index (χ4n) is 4.62. The summed E-state index contributed by atoms with van der Waals surface area (Å²) in [6.07, 6.45) is 3.59. The first-order valence-corrected chi connectivity index (χ1v) is 10.4. The normalized spacial score (nSPS) is 21.0. The van der Waals surface area contributed by atoms with Crippen LogP contribution in [0.2, 0.25) is 0 Å². The molecule has 4 rings (SSSR count). The minimum atomic E-state index is 0.146. The first-order valence-electron chi connectivity index (χ1n) is 10.4. The number of methoxy groups -OCH3 is 1. The zero-order valence-corrected chi connectivity index (χ0v) is 16.7. The van der Waals surface area contributed by atoms with E-state index >= 15 is 0 Å². The molecular weight excluding hydrogens is 348 g/mol. The molecule has 0 aliphatic carbocycles. The molecule has 0 aromatic heterocycles. The van der Waals surface area contributed by atoms with Crippen LogP contribution in [-0.2, 0) is 0 Å². The average molecular weight is 379 g/mol. The van der Waals surface area contributed by atoms with Crippen LogP contribution >= 0.6 is 0 Å². The summed E-state index contributed by atoms with van der Waals surface area (Å²) in [7, 11) is 1.64. The first kappa shape index (κ1) is 19.0. The van der Waals surface area contributed by atoms with Gasteiger partial charge in [0.05, 0.1) is 7.11 Å². The molecule has 2 aliphatic heterocycles. The lowest BCUT2D eigenvalue weighted by Crippen LogP contribution is -2.37. The maximum absolute atomic E-state index is 12.8. The summed E-state index contributed by atoms with van der Waals surface area (Å²) in [5, 5.41) is 0. The van der Waals surface area contributed by atoms with Crippen molar-refractivity contribution < 1.29 is 9.53 Å². The number of hydrogen-bond acceptors (Lipinski definition) is 3. The minimum absolute atomic E-state index is 0.146. The van der Waals surface area contributed by atoms with Crippen molar-refractivity contribution >= 4 is 5.91 Å². The highest BCUT2D eigenvalue weighted by molar-refractivity contribution is 5.94. The van der Waals surface area contributed by atoms with Gasteiger partial charge in [0.2, 0.25) is 0 Å². The van der Waals surface area contributed by atoms with Crippen LogP contribution in [0.3, 0.4) is 0 Å². The number of benzene rings is 2. The number of amides is 1. The molecule has 1 unspecified atom stereocenters. The SMILES string of the molecule is COc1ccc(C(=O)N2CCC(CN3CCC(c4ccccc4)CC3)C2)cc1. The van der Waals surface area contributed by atoms with Crippen molar-refractivity contribution in [2.45, 2.75) is 25.2 Å². The number of piperidine rings is 1. The van der Waals surface area contributed by atoms with Crippen LogP contribution in [0.25, 0.3) is 0 Å². The highest BCUT2D eigenvalue weighted by Gasteiger charge is 2.29. The van der Waals surface area contributed by atoms with Crippen molar-refractivity contribution in [3.8, 4) is 5.75 Å². The van der Waals surface area contributed by atoms with E-state index < -0.39 is 0 Å². The smallest absolute Gasteiger partial charge is 0.253 e. The van der Waals surface area contributed by atoms with Crippen molar-refractivity contribution in [2.75, 3.05) is 39.8 Å². The van der Waals surface area contributed by atoms with Crippen LogP contribution in [0.1, 0.15) is 41.1 Å². The quantitative estimate of drug-likeness (QED) is 0.787. The minimum Gasteiger partial charge on any atom is -0.497 e. The fraction of sp³-hybridized carbons (Fsp3) is 0.458. The second-order valence-corrected chi connectivity index (χ2v) is 8.12. The maximum atomic E-state index is 12.8. The molecule has 2 aliphatic rings. The van der Waals surface area contributed by atoms with Crippen LogP contribution in [-0.4, -0.2) is 55.5 Å². The number of carbonyl (C=O) groups excluding carboxylic acids is 1. The molecule has 4 nitrogen and oxygen atoms in total. The van der Waals surface area contributed by atoms with Crippen molar-refractivity contribution in [1.29, 1.82) is 0 Å². The lowest BCUT2D eigenvalue weighted by Gasteiger charge is -2.33. The van der Waals surface area contributed by atoms with E-state index in [2.05, 4.69) is 35.2 Å². The standard InChI is InChI=1S/C24H30N2O2/c1-28-23-9-7-22(8-10-23)24(27)26-16-11-19(18-26)17-25-14-12-21(13-15-25)20-5-3-2-4-6-20/h2-10,19,21H,11-18H2,1H3. The molecule has 2 saturated heterocycles. The topological polar surface area (TPSA) is 32.8 Å². The van der Waals surface area contributed by atoms with Crippen LogP contribution < -0.4 is 4.74 Å². The van der Waals surface area contributed by atoms with E-state index in [-0.39, 0.29) is 5.91 Å². The van der Waals surface area contributed by atoms with Crippen LogP contribution in [0.15, 0.2) is 54.6 Å². The summed E-state index contributed by atoms with van der Waals surface area (Å²) < 4.78 is 5.18. The Kier molecular flexibility index (Phi) is 5.96. The summed E-state index contributed by atoms with van der Waals surface area (Å²) >= 11 is 0. The van der Waals surface area contributed by atoms with Crippen molar-refractivity contribution in [2.24, 2.45) is 5.92 Å². The Morgan fingerprint density at radius 3 is 2.36 bits per heavy atom. The summed E-state index contributed by atoms with van der Waals surface area (Å²) in [6, 6.07) is 18.4. The van der Waals surface area contributed by atoms with E-state index in [1.54, 1.807) is 7.11 Å². The van der Waals surface area contributed by atoms with Gasteiger partial charge in [0.15, 0.2) is 0 Å². The molecule has 148 valence electrons. The molecule has 0 radical (unpaired) electrons. The summed E-state index contributed by atoms with van der Waals surface area (Å²) in [5.41, 5.74) is 2.24. The highest BCUT2D eigenvalue weighted by Crippen LogP contribution is 2.29. The molecule has 0 spiro atoms. The second kappa shape index (κ2) is 8.78. The summed E-state index contributed by atoms with van der Waals surface area (Å²) in [4.78, 5) is 17.4. The largest absolute Gasteiger partial charge is 0.497 e. The van der Waals surface area contributed by atoms with Gasteiger partial charge >= 0.3 is 0 Å². The Hall–Kier alpha value is -2.33. The summed E-state index contributed by atoms with van der Waals surface area (Å²) in [5.74, 6) is 2.23. The molecule has 0 N–H and O–H groups in total. The van der Waals surface area contributed by atoms with Crippen LogP contribution in [0, 0.1) is 5.92 Å². The third kappa shape index (κ3) is 4.39. The number of rotatable bonds is 5. The van der Waals surface area contributed by atoms with E-state index in [1.165, 1.54) is 31.5 Å². The Morgan fingerprint density at radius 2 is 1.68 bits per heavy atom. The van der Waals surface area contributed by atoms with E-state index in [0.717, 1.165) is 37.4 Å². The van der Waals surface area contributed by atoms with E-state index in [1.807, 2.05) is 29.2 Å². The maximum Gasteiger partial charge on any atom is 0.253 e. The summed E-state index contributed by atoms with van der Waals surface area (Å²) in [6.45, 7) is 5.21. The molecule has 2 heterocycles. The van der Waals surface area contributed by atoms with Gasteiger partial charge in [-0.3, -0.25) is 4.79 Å². The average Bonchev–Trinajstić information content (AvgIpc) is 3.23. The van der Waals surface area contributed by atoms with Gasteiger partial charge in [-0.15, -0.1) is 0 Å². The van der Waals surface area contributed by atoms with Crippen molar-refractivity contribution in [3.63, 3.8) is 0 Å². The molecule has 1 atom stereocenters. The third-order valence-electron chi connectivity index (χ3n) is 6.28. The lowest BCUT2D eigenvalue weighted by molar-refractivity contribution is 0.0782. The number of hydrogen-bond donors (Lipinski definition) is 0. The lowest BCUT2D eigenvalue weighted by atomic mass is 9.89. The number of carbonyl (C=O) groups is 1. The second-order valence-electron chi connectivity index (χ2n) is 8.12. The van der Waals surface area contributed by atoms with Crippen LogP contribution in [0.5, 0.6) is 5.75 Å². The molecule has 4 heteroatoms. The van der Waals surface area contributed by atoms with Gasteiger partial charge in [-0.25, -0.2) is 0 Å². The predicted molar refractivity (Wildman–Crippen MR) is 112 cm³/mol. The molecule has 0 bridgehead atoms. The Balaban J connectivity index is 1.25. The molecule has 2 aromatic carbocycles. The van der Waals surface area contributed by atoms with Gasteiger partial charge < -0.3 is 14.5 Å². The molecule has 28 heavy (non-hydrogen) atoms. The van der Waals surface area contributed by atoms with Gasteiger partial charge in [-0.1, -0.05) is 30.3 Å². The zero-order valence-electron chi connectivity index (χ0n) is 16.7. The van der Waals surface area contributed by atoms with E-state index in [4.69, 9.17) is 4.74 Å². The predicted octanol–water partition coefficient (Wildman–Crippen LogP) is 4.04. The Morgan fingerprint density at radius 1 is 0.964 bits per heavy atom. The van der Waals surface area contributed by atoms with Gasteiger partial charge in [0.25, 0.3) is 5.91 Å². The first-order chi connectivity index (χ1) is 13.7. The Bertz CT molecular complexity index is 767. The molecule has 0 saturated carbocycles. The van der Waals surface area contributed by atoms with E-state index in [9.17, 15) is 4.79 Å². The highest BCUT2D eigenvalue weighted by atomic mass is 16.5. The van der Waals surface area contributed by atoms with Crippen molar-refractivity contribution in [1.82, 2.24) is 9.80 Å². The van der Waals surface area contributed by atoms with Gasteiger partial charge in [-0.2, -0.15) is 0 Å².